The third-order valence-corrected chi connectivity index (χ3v) is 2.91. The molecule has 1 aromatic carbocycles. The SMILES string of the molecule is CCCc1cccc(CCC)c1NCC(=O)OC. The van der Waals surface area contributed by atoms with Crippen molar-refractivity contribution in [3.63, 3.8) is 0 Å². The zero-order valence-electron chi connectivity index (χ0n) is 11.6. The highest BCUT2D eigenvalue weighted by Gasteiger charge is 2.09. The molecular formula is C15H23NO2. The summed E-state index contributed by atoms with van der Waals surface area (Å²) in [5.74, 6) is -0.233. The number of ether oxygens (including phenoxy) is 1. The molecule has 0 aliphatic heterocycles. The predicted octanol–water partition coefficient (Wildman–Crippen LogP) is 3.18. The Balaban J connectivity index is 2.90. The van der Waals surface area contributed by atoms with Gasteiger partial charge in [-0.2, -0.15) is 0 Å². The fourth-order valence-corrected chi connectivity index (χ4v) is 2.07. The zero-order valence-corrected chi connectivity index (χ0v) is 11.6. The summed E-state index contributed by atoms with van der Waals surface area (Å²) in [6.07, 6.45) is 4.26. The molecule has 1 aromatic rings. The Kier molecular flexibility index (Phi) is 6.26. The Bertz CT molecular complexity index is 364. The van der Waals surface area contributed by atoms with Gasteiger partial charge in [0.05, 0.1) is 7.11 Å². The Morgan fingerprint density at radius 1 is 1.17 bits per heavy atom. The van der Waals surface area contributed by atoms with Crippen molar-refractivity contribution in [2.24, 2.45) is 0 Å². The molecule has 0 radical (unpaired) electrons. The molecule has 0 aliphatic rings. The molecule has 0 unspecified atom stereocenters. The maximum absolute atomic E-state index is 11.2. The lowest BCUT2D eigenvalue weighted by Crippen LogP contribution is -2.17. The minimum atomic E-state index is -0.233. The lowest BCUT2D eigenvalue weighted by Gasteiger charge is -2.15. The molecule has 0 aromatic heterocycles. The van der Waals surface area contributed by atoms with Gasteiger partial charge in [0.15, 0.2) is 0 Å². The van der Waals surface area contributed by atoms with Crippen molar-refractivity contribution in [3.8, 4) is 0 Å². The number of nitrogens with one attached hydrogen (secondary N) is 1. The minimum Gasteiger partial charge on any atom is -0.468 e. The summed E-state index contributed by atoms with van der Waals surface area (Å²) in [6, 6.07) is 6.35. The first-order valence-electron chi connectivity index (χ1n) is 6.64. The van der Waals surface area contributed by atoms with E-state index in [1.807, 2.05) is 0 Å². The molecule has 3 heteroatoms. The van der Waals surface area contributed by atoms with Crippen molar-refractivity contribution in [2.75, 3.05) is 19.0 Å². The largest absolute Gasteiger partial charge is 0.468 e. The maximum atomic E-state index is 11.2. The predicted molar refractivity (Wildman–Crippen MR) is 74.9 cm³/mol. The molecule has 0 bridgehead atoms. The quantitative estimate of drug-likeness (QED) is 0.754. The van der Waals surface area contributed by atoms with Gasteiger partial charge in [-0.05, 0) is 24.0 Å². The van der Waals surface area contributed by atoms with Crippen LogP contribution in [0.2, 0.25) is 0 Å². The fourth-order valence-electron chi connectivity index (χ4n) is 2.07. The normalized spacial score (nSPS) is 10.2. The molecular weight excluding hydrogens is 226 g/mol. The molecule has 1 rings (SSSR count). The van der Waals surface area contributed by atoms with E-state index < -0.39 is 0 Å². The number of methoxy groups -OCH3 is 1. The summed E-state index contributed by atoms with van der Waals surface area (Å²) in [4.78, 5) is 11.2. The van der Waals surface area contributed by atoms with Crippen molar-refractivity contribution in [1.29, 1.82) is 0 Å². The molecule has 0 heterocycles. The number of rotatable bonds is 7. The van der Waals surface area contributed by atoms with Gasteiger partial charge in [0.25, 0.3) is 0 Å². The van der Waals surface area contributed by atoms with E-state index in [4.69, 9.17) is 0 Å². The Labute approximate surface area is 110 Å². The van der Waals surface area contributed by atoms with Gasteiger partial charge < -0.3 is 10.1 Å². The van der Waals surface area contributed by atoms with E-state index in [2.05, 4.69) is 42.1 Å². The highest BCUT2D eigenvalue weighted by Crippen LogP contribution is 2.23. The van der Waals surface area contributed by atoms with Gasteiger partial charge in [-0.25, -0.2) is 0 Å². The molecule has 0 atom stereocenters. The van der Waals surface area contributed by atoms with E-state index in [-0.39, 0.29) is 12.5 Å². The van der Waals surface area contributed by atoms with Crippen LogP contribution in [-0.4, -0.2) is 19.6 Å². The lowest BCUT2D eigenvalue weighted by molar-refractivity contribution is -0.138. The van der Waals surface area contributed by atoms with E-state index in [1.54, 1.807) is 0 Å². The number of para-hydroxylation sites is 1. The van der Waals surface area contributed by atoms with E-state index in [0.717, 1.165) is 31.4 Å². The smallest absolute Gasteiger partial charge is 0.325 e. The summed E-state index contributed by atoms with van der Waals surface area (Å²) < 4.78 is 4.67. The average molecular weight is 249 g/mol. The van der Waals surface area contributed by atoms with E-state index >= 15 is 0 Å². The van der Waals surface area contributed by atoms with Crippen molar-refractivity contribution < 1.29 is 9.53 Å². The van der Waals surface area contributed by atoms with Crippen LogP contribution in [-0.2, 0) is 22.4 Å². The summed E-state index contributed by atoms with van der Waals surface area (Å²) >= 11 is 0. The summed E-state index contributed by atoms with van der Waals surface area (Å²) in [6.45, 7) is 4.56. The molecule has 0 saturated heterocycles. The number of esters is 1. The van der Waals surface area contributed by atoms with Gasteiger partial charge >= 0.3 is 5.97 Å². The Morgan fingerprint density at radius 2 is 1.72 bits per heavy atom. The number of carbonyl (C=O) groups excluding carboxylic acids is 1. The van der Waals surface area contributed by atoms with Crippen LogP contribution in [0, 0.1) is 0 Å². The van der Waals surface area contributed by atoms with Crippen LogP contribution in [0.5, 0.6) is 0 Å². The topological polar surface area (TPSA) is 38.3 Å². The number of hydrogen-bond donors (Lipinski definition) is 1. The number of anilines is 1. The molecule has 100 valence electrons. The standard InChI is InChI=1S/C15H23NO2/c1-4-7-12-9-6-10-13(8-5-2)15(12)16-11-14(17)18-3/h6,9-10,16H,4-5,7-8,11H2,1-3H3. The van der Waals surface area contributed by atoms with Crippen molar-refractivity contribution in [3.05, 3.63) is 29.3 Å². The van der Waals surface area contributed by atoms with Crippen molar-refractivity contribution in [2.45, 2.75) is 39.5 Å². The minimum absolute atomic E-state index is 0.230. The molecule has 0 spiro atoms. The monoisotopic (exact) mass is 249 g/mol. The average Bonchev–Trinajstić information content (AvgIpc) is 2.38. The Hall–Kier alpha value is -1.51. The first kappa shape index (κ1) is 14.6. The van der Waals surface area contributed by atoms with Crippen LogP contribution < -0.4 is 5.32 Å². The lowest BCUT2D eigenvalue weighted by atomic mass is 10.00. The third kappa shape index (κ3) is 4.06. The summed E-state index contributed by atoms with van der Waals surface area (Å²) in [5.41, 5.74) is 3.69. The fraction of sp³-hybridized carbons (Fsp3) is 0.533. The van der Waals surface area contributed by atoms with Gasteiger partial charge in [0, 0.05) is 5.69 Å². The molecule has 0 saturated carbocycles. The van der Waals surface area contributed by atoms with Crippen LogP contribution in [0.15, 0.2) is 18.2 Å². The zero-order chi connectivity index (χ0) is 13.4. The van der Waals surface area contributed by atoms with Crippen LogP contribution in [0.1, 0.15) is 37.8 Å². The van der Waals surface area contributed by atoms with Gasteiger partial charge in [-0.1, -0.05) is 44.9 Å². The van der Waals surface area contributed by atoms with Crippen LogP contribution in [0.3, 0.4) is 0 Å². The van der Waals surface area contributed by atoms with Crippen LogP contribution >= 0.6 is 0 Å². The highest BCUT2D eigenvalue weighted by molar-refractivity contribution is 5.76. The van der Waals surface area contributed by atoms with Crippen molar-refractivity contribution in [1.82, 2.24) is 0 Å². The van der Waals surface area contributed by atoms with E-state index in [1.165, 1.54) is 18.2 Å². The molecule has 18 heavy (non-hydrogen) atoms. The second kappa shape index (κ2) is 7.75. The second-order valence-corrected chi connectivity index (χ2v) is 4.38. The first-order chi connectivity index (χ1) is 8.72. The number of hydrogen-bond acceptors (Lipinski definition) is 3. The number of benzene rings is 1. The molecule has 1 N–H and O–H groups in total. The van der Waals surface area contributed by atoms with Crippen molar-refractivity contribution >= 4 is 11.7 Å². The first-order valence-corrected chi connectivity index (χ1v) is 6.64. The summed E-state index contributed by atoms with van der Waals surface area (Å²) in [7, 11) is 1.41. The molecule has 0 amide bonds. The third-order valence-electron chi connectivity index (χ3n) is 2.91. The van der Waals surface area contributed by atoms with Crippen LogP contribution in [0.4, 0.5) is 5.69 Å². The van der Waals surface area contributed by atoms with Gasteiger partial charge in [0.1, 0.15) is 6.54 Å². The van der Waals surface area contributed by atoms with E-state index in [9.17, 15) is 4.79 Å². The molecule has 0 fully saturated rings. The molecule has 0 aliphatic carbocycles. The highest BCUT2D eigenvalue weighted by atomic mass is 16.5. The molecule has 3 nitrogen and oxygen atoms in total. The van der Waals surface area contributed by atoms with Gasteiger partial charge in [-0.15, -0.1) is 0 Å². The summed E-state index contributed by atoms with van der Waals surface area (Å²) in [5, 5.41) is 3.23. The van der Waals surface area contributed by atoms with Gasteiger partial charge in [-0.3, -0.25) is 4.79 Å². The second-order valence-electron chi connectivity index (χ2n) is 4.38. The Morgan fingerprint density at radius 3 is 2.17 bits per heavy atom. The number of aryl methyl sites for hydroxylation is 2. The van der Waals surface area contributed by atoms with E-state index in [0.29, 0.717) is 0 Å². The number of carbonyl (C=O) groups is 1. The van der Waals surface area contributed by atoms with Crippen LogP contribution in [0.25, 0.3) is 0 Å². The maximum Gasteiger partial charge on any atom is 0.325 e. The van der Waals surface area contributed by atoms with Gasteiger partial charge in [0.2, 0.25) is 0 Å².